The molecule has 5 rings (SSSR count). The van der Waals surface area contributed by atoms with E-state index in [0.29, 0.717) is 42.0 Å². The molecule has 0 spiro atoms. The third-order valence-corrected chi connectivity index (χ3v) is 6.31. The van der Waals surface area contributed by atoms with E-state index in [-0.39, 0.29) is 17.9 Å². The number of nitrogen functional groups attached to an aromatic ring is 1. The molecule has 1 aliphatic heterocycles. The van der Waals surface area contributed by atoms with Crippen LogP contribution in [0, 0.1) is 18.8 Å². The van der Waals surface area contributed by atoms with E-state index < -0.39 is 0 Å². The lowest BCUT2D eigenvalue weighted by atomic mass is 10.1. The lowest BCUT2D eigenvalue weighted by molar-refractivity contribution is 0.0764. The monoisotopic (exact) mass is 405 g/mol. The highest BCUT2D eigenvalue weighted by molar-refractivity contribution is 6.01. The van der Waals surface area contributed by atoms with Crippen molar-refractivity contribution in [3.8, 4) is 5.75 Å². The molecule has 2 amide bonds. The van der Waals surface area contributed by atoms with E-state index >= 15 is 0 Å². The molecule has 4 N–H and O–H groups in total. The zero-order chi connectivity index (χ0) is 21.0. The SMILES string of the molecule is COc1ccc2[nH]c(C(=O)N3C[C@@H]4C(NC(=O)c5ccc(N)nc5)[C@@H]4C3)c(C)c2c1. The molecular formula is C22H23N5O3. The molecule has 8 heteroatoms. The first-order chi connectivity index (χ1) is 14.5. The molecule has 0 bridgehead atoms. The van der Waals surface area contributed by atoms with Gasteiger partial charge in [-0.25, -0.2) is 4.98 Å². The first-order valence-electron chi connectivity index (χ1n) is 9.94. The molecular weight excluding hydrogens is 382 g/mol. The Balaban J connectivity index is 1.24. The molecule has 3 heterocycles. The van der Waals surface area contributed by atoms with Crippen LogP contribution < -0.4 is 15.8 Å². The zero-order valence-corrected chi connectivity index (χ0v) is 16.8. The Kier molecular flexibility index (Phi) is 4.16. The third-order valence-electron chi connectivity index (χ3n) is 6.31. The average Bonchev–Trinajstić information content (AvgIpc) is 3.08. The second-order valence-electron chi connectivity index (χ2n) is 8.05. The minimum atomic E-state index is -0.153. The van der Waals surface area contributed by atoms with Crippen LogP contribution in [0.25, 0.3) is 10.9 Å². The van der Waals surface area contributed by atoms with Crippen LogP contribution in [-0.4, -0.2) is 52.9 Å². The molecule has 3 atom stereocenters. The quantitative estimate of drug-likeness (QED) is 0.614. The molecule has 1 saturated heterocycles. The van der Waals surface area contributed by atoms with E-state index in [9.17, 15) is 9.59 Å². The van der Waals surface area contributed by atoms with Crippen molar-refractivity contribution in [3.63, 3.8) is 0 Å². The number of ether oxygens (including phenoxy) is 1. The maximum Gasteiger partial charge on any atom is 0.270 e. The van der Waals surface area contributed by atoms with Crippen molar-refractivity contribution in [2.45, 2.75) is 13.0 Å². The number of nitrogens with one attached hydrogen (secondary N) is 2. The zero-order valence-electron chi connectivity index (χ0n) is 16.8. The van der Waals surface area contributed by atoms with Gasteiger partial charge in [0.25, 0.3) is 11.8 Å². The number of aromatic nitrogens is 2. The first kappa shape index (κ1) is 18.5. The molecule has 1 aliphatic carbocycles. The summed E-state index contributed by atoms with van der Waals surface area (Å²) in [5.74, 6) is 1.59. The van der Waals surface area contributed by atoms with E-state index in [1.807, 2.05) is 30.0 Å². The van der Waals surface area contributed by atoms with Crippen LogP contribution in [0.2, 0.25) is 0 Å². The summed E-state index contributed by atoms with van der Waals surface area (Å²) in [4.78, 5) is 34.6. The van der Waals surface area contributed by atoms with Crippen LogP contribution in [0.3, 0.4) is 0 Å². The van der Waals surface area contributed by atoms with E-state index in [1.54, 1.807) is 19.2 Å². The van der Waals surface area contributed by atoms with Gasteiger partial charge in [-0.3, -0.25) is 9.59 Å². The van der Waals surface area contributed by atoms with Crippen molar-refractivity contribution in [2.24, 2.45) is 11.8 Å². The topological polar surface area (TPSA) is 113 Å². The minimum absolute atomic E-state index is 0.00248. The summed E-state index contributed by atoms with van der Waals surface area (Å²) in [6, 6.07) is 9.13. The Hall–Kier alpha value is -3.55. The van der Waals surface area contributed by atoms with Gasteiger partial charge in [0.05, 0.1) is 12.7 Å². The highest BCUT2D eigenvalue weighted by Gasteiger charge is 2.57. The van der Waals surface area contributed by atoms with Crippen LogP contribution in [-0.2, 0) is 0 Å². The van der Waals surface area contributed by atoms with Crippen molar-refractivity contribution in [3.05, 3.63) is 53.3 Å². The smallest absolute Gasteiger partial charge is 0.270 e. The van der Waals surface area contributed by atoms with Crippen molar-refractivity contribution in [2.75, 3.05) is 25.9 Å². The number of likely N-dealkylation sites (tertiary alicyclic amines) is 1. The summed E-state index contributed by atoms with van der Waals surface area (Å²) < 4.78 is 5.29. The van der Waals surface area contributed by atoms with E-state index in [2.05, 4.69) is 15.3 Å². The molecule has 1 unspecified atom stereocenters. The molecule has 8 nitrogen and oxygen atoms in total. The Morgan fingerprint density at radius 2 is 2.00 bits per heavy atom. The number of aromatic amines is 1. The number of anilines is 1. The maximum absolute atomic E-state index is 13.1. The maximum atomic E-state index is 13.1. The number of carbonyl (C=O) groups is 2. The average molecular weight is 405 g/mol. The van der Waals surface area contributed by atoms with Crippen LogP contribution in [0.15, 0.2) is 36.5 Å². The summed E-state index contributed by atoms with van der Waals surface area (Å²) in [5, 5.41) is 4.05. The Morgan fingerprint density at radius 1 is 1.23 bits per heavy atom. The molecule has 0 radical (unpaired) electrons. The second-order valence-corrected chi connectivity index (χ2v) is 8.05. The summed E-state index contributed by atoms with van der Waals surface area (Å²) >= 11 is 0. The number of nitrogens with two attached hydrogens (primary N) is 1. The van der Waals surface area contributed by atoms with Crippen molar-refractivity contribution < 1.29 is 14.3 Å². The number of carbonyl (C=O) groups excluding carboxylic acids is 2. The van der Waals surface area contributed by atoms with Gasteiger partial charge < -0.3 is 25.7 Å². The summed E-state index contributed by atoms with van der Waals surface area (Å²) in [7, 11) is 1.63. The number of H-pyrrole nitrogens is 1. The fraction of sp³-hybridized carbons (Fsp3) is 0.318. The fourth-order valence-corrected chi connectivity index (χ4v) is 4.49. The molecule has 30 heavy (non-hydrogen) atoms. The number of fused-ring (bicyclic) bond motifs is 2. The van der Waals surface area contributed by atoms with Gasteiger partial charge in [0.2, 0.25) is 0 Å². The van der Waals surface area contributed by atoms with Gasteiger partial charge in [0, 0.05) is 48.1 Å². The predicted octanol–water partition coefficient (Wildman–Crippen LogP) is 1.96. The van der Waals surface area contributed by atoms with E-state index in [4.69, 9.17) is 10.5 Å². The van der Waals surface area contributed by atoms with Crippen molar-refractivity contribution in [1.82, 2.24) is 20.2 Å². The predicted molar refractivity (Wildman–Crippen MR) is 112 cm³/mol. The van der Waals surface area contributed by atoms with Gasteiger partial charge in [0.15, 0.2) is 0 Å². The number of aryl methyl sites for hydroxylation is 1. The normalized spacial score (nSPS) is 22.1. The van der Waals surface area contributed by atoms with Crippen LogP contribution in [0.4, 0.5) is 5.82 Å². The lowest BCUT2D eigenvalue weighted by Gasteiger charge is -2.20. The first-order valence-corrected chi connectivity index (χ1v) is 9.94. The minimum Gasteiger partial charge on any atom is -0.497 e. The Labute approximate surface area is 173 Å². The van der Waals surface area contributed by atoms with Gasteiger partial charge in [0.1, 0.15) is 17.3 Å². The summed E-state index contributed by atoms with van der Waals surface area (Å²) in [6.07, 6.45) is 1.48. The number of benzene rings is 1. The number of hydrogen-bond acceptors (Lipinski definition) is 5. The number of hydrogen-bond donors (Lipinski definition) is 3. The van der Waals surface area contributed by atoms with Gasteiger partial charge >= 0.3 is 0 Å². The van der Waals surface area contributed by atoms with Gasteiger partial charge in [-0.05, 0) is 42.8 Å². The molecule has 1 aromatic carbocycles. The molecule has 2 aliphatic rings. The lowest BCUT2D eigenvalue weighted by Crippen LogP contribution is -2.37. The number of rotatable bonds is 4. The number of amides is 2. The molecule has 2 fully saturated rings. The number of piperidine rings is 1. The standard InChI is InChI=1S/C22H23N5O3/c1-11-14-7-13(30-2)4-5-17(14)25-19(11)22(29)27-9-15-16(10-27)20(15)26-21(28)12-3-6-18(23)24-8-12/h3-8,15-16,20,25H,9-10H2,1-2H3,(H2,23,24)(H,26,28)/t15-,16+,20?. The van der Waals surface area contributed by atoms with Crippen LogP contribution in [0.1, 0.15) is 26.4 Å². The van der Waals surface area contributed by atoms with Gasteiger partial charge in [-0.2, -0.15) is 0 Å². The number of methoxy groups -OCH3 is 1. The molecule has 2 aromatic heterocycles. The fourth-order valence-electron chi connectivity index (χ4n) is 4.49. The number of pyridine rings is 1. The van der Waals surface area contributed by atoms with Crippen molar-refractivity contribution >= 4 is 28.5 Å². The van der Waals surface area contributed by atoms with Crippen molar-refractivity contribution in [1.29, 1.82) is 0 Å². The van der Waals surface area contributed by atoms with Crippen LogP contribution in [0.5, 0.6) is 5.75 Å². The summed E-state index contributed by atoms with van der Waals surface area (Å²) in [5.41, 5.74) is 8.52. The highest BCUT2D eigenvalue weighted by atomic mass is 16.5. The Bertz CT molecular complexity index is 1140. The third kappa shape index (κ3) is 2.96. The highest BCUT2D eigenvalue weighted by Crippen LogP contribution is 2.46. The van der Waals surface area contributed by atoms with Crippen LogP contribution >= 0.6 is 0 Å². The van der Waals surface area contributed by atoms with Gasteiger partial charge in [-0.1, -0.05) is 0 Å². The summed E-state index contributed by atoms with van der Waals surface area (Å²) in [6.45, 7) is 3.24. The van der Waals surface area contributed by atoms with E-state index in [0.717, 1.165) is 22.2 Å². The van der Waals surface area contributed by atoms with Gasteiger partial charge in [-0.15, -0.1) is 0 Å². The largest absolute Gasteiger partial charge is 0.497 e. The molecule has 154 valence electrons. The molecule has 3 aromatic rings. The molecule has 1 saturated carbocycles. The Morgan fingerprint density at radius 3 is 2.67 bits per heavy atom. The second kappa shape index (κ2) is 6.76. The number of nitrogens with zero attached hydrogens (tertiary/aromatic N) is 2. The van der Waals surface area contributed by atoms with E-state index in [1.165, 1.54) is 6.20 Å².